The van der Waals surface area contributed by atoms with Gasteiger partial charge in [-0.15, -0.1) is 5.10 Å². The van der Waals surface area contributed by atoms with Gasteiger partial charge < -0.3 is 24.4 Å². The van der Waals surface area contributed by atoms with Crippen molar-refractivity contribution >= 4 is 17.0 Å². The van der Waals surface area contributed by atoms with E-state index in [1.165, 1.54) is 0 Å². The molecule has 2 aromatic heterocycles. The Morgan fingerprint density at radius 1 is 1.32 bits per heavy atom. The fourth-order valence-corrected chi connectivity index (χ4v) is 2.07. The number of imidazole rings is 1. The molecule has 0 atom stereocenters. The van der Waals surface area contributed by atoms with Crippen molar-refractivity contribution in [1.82, 2.24) is 25.1 Å². The van der Waals surface area contributed by atoms with Gasteiger partial charge in [-0.3, -0.25) is 0 Å². The second-order valence-corrected chi connectivity index (χ2v) is 5.16. The van der Waals surface area contributed by atoms with Crippen LogP contribution in [0.2, 0.25) is 0 Å². The molecule has 0 aliphatic carbocycles. The summed E-state index contributed by atoms with van der Waals surface area (Å²) in [6, 6.07) is 6.09. The fraction of sp³-hybridized carbons (Fsp3) is 0.357. The zero-order chi connectivity index (χ0) is 15.5. The summed E-state index contributed by atoms with van der Waals surface area (Å²) in [6.45, 7) is 1.08. The number of nitrogens with zero attached hydrogens (tertiary/aromatic N) is 4. The molecule has 1 aromatic carbocycles. The third-order valence-corrected chi connectivity index (χ3v) is 3.06. The highest BCUT2D eigenvalue weighted by atomic mass is 16.5. The predicted octanol–water partition coefficient (Wildman–Crippen LogP) is 1.63. The third-order valence-electron chi connectivity index (χ3n) is 3.06. The van der Waals surface area contributed by atoms with Gasteiger partial charge in [-0.2, -0.15) is 0 Å². The quantitative estimate of drug-likeness (QED) is 0.715. The van der Waals surface area contributed by atoms with Crippen LogP contribution in [-0.2, 0) is 13.1 Å². The molecular weight excluding hydrogens is 284 g/mol. The molecule has 3 rings (SSSR count). The first-order chi connectivity index (χ1) is 10.6. The monoisotopic (exact) mass is 302 g/mol. The fourth-order valence-electron chi connectivity index (χ4n) is 2.07. The van der Waals surface area contributed by atoms with Gasteiger partial charge in [-0.25, -0.2) is 4.98 Å². The molecule has 8 heteroatoms. The molecule has 0 aliphatic heterocycles. The lowest BCUT2D eigenvalue weighted by atomic mass is 10.3. The van der Waals surface area contributed by atoms with Crippen LogP contribution in [0.1, 0.15) is 11.7 Å². The topological polar surface area (TPSA) is 92.1 Å². The van der Waals surface area contributed by atoms with E-state index < -0.39 is 0 Å². The molecule has 2 heterocycles. The van der Waals surface area contributed by atoms with E-state index >= 15 is 0 Å². The molecule has 0 spiro atoms. The smallest absolute Gasteiger partial charge is 0.315 e. The van der Waals surface area contributed by atoms with E-state index in [0.717, 1.165) is 22.6 Å². The average Bonchev–Trinajstić information content (AvgIpc) is 3.09. The largest absolute Gasteiger partial charge is 0.497 e. The summed E-state index contributed by atoms with van der Waals surface area (Å²) in [6.07, 6.45) is 0. The maximum atomic E-state index is 5.49. The van der Waals surface area contributed by atoms with Gasteiger partial charge in [-0.1, -0.05) is 5.10 Å². The minimum absolute atomic E-state index is 0.384. The van der Waals surface area contributed by atoms with E-state index in [1.807, 2.05) is 37.2 Å². The maximum Gasteiger partial charge on any atom is 0.315 e. The summed E-state index contributed by atoms with van der Waals surface area (Å²) < 4.78 is 10.7. The first-order valence-corrected chi connectivity index (χ1v) is 6.87. The highest BCUT2D eigenvalue weighted by Crippen LogP contribution is 2.19. The van der Waals surface area contributed by atoms with Gasteiger partial charge in [0, 0.05) is 6.07 Å². The second kappa shape index (κ2) is 6.02. The third kappa shape index (κ3) is 3.17. The molecule has 0 saturated carbocycles. The number of H-pyrrole nitrogens is 1. The Kier molecular flexibility index (Phi) is 3.92. The molecule has 2 N–H and O–H groups in total. The number of nitrogens with one attached hydrogen (secondary N) is 2. The van der Waals surface area contributed by atoms with Gasteiger partial charge in [0.25, 0.3) is 0 Å². The van der Waals surface area contributed by atoms with E-state index in [-0.39, 0.29) is 0 Å². The molecule has 22 heavy (non-hydrogen) atoms. The number of anilines is 1. The summed E-state index contributed by atoms with van der Waals surface area (Å²) in [7, 11) is 5.53. The zero-order valence-electron chi connectivity index (χ0n) is 12.8. The van der Waals surface area contributed by atoms with Crippen molar-refractivity contribution in [3.8, 4) is 5.75 Å². The van der Waals surface area contributed by atoms with Gasteiger partial charge >= 0.3 is 6.01 Å². The zero-order valence-corrected chi connectivity index (χ0v) is 12.8. The number of ether oxygens (including phenoxy) is 1. The van der Waals surface area contributed by atoms with Gasteiger partial charge in [0.1, 0.15) is 11.6 Å². The van der Waals surface area contributed by atoms with Crippen LogP contribution in [0.15, 0.2) is 22.6 Å². The molecule has 0 unspecified atom stereocenters. The van der Waals surface area contributed by atoms with Crippen molar-refractivity contribution in [2.75, 3.05) is 26.5 Å². The Morgan fingerprint density at radius 3 is 2.95 bits per heavy atom. The van der Waals surface area contributed by atoms with Crippen molar-refractivity contribution in [3.05, 3.63) is 29.9 Å². The summed E-state index contributed by atoms with van der Waals surface area (Å²) >= 11 is 0. The molecule has 116 valence electrons. The number of aromatic nitrogens is 4. The number of aromatic amines is 1. The van der Waals surface area contributed by atoms with Crippen LogP contribution in [0, 0.1) is 0 Å². The van der Waals surface area contributed by atoms with Crippen molar-refractivity contribution < 1.29 is 9.15 Å². The molecule has 0 amide bonds. The number of hydrogen-bond donors (Lipinski definition) is 2. The maximum absolute atomic E-state index is 5.49. The SMILES string of the molecule is COc1ccc2nc(CNc3nnc(CN(C)C)o3)[nH]c2c1. The second-order valence-electron chi connectivity index (χ2n) is 5.16. The highest BCUT2D eigenvalue weighted by molar-refractivity contribution is 5.76. The van der Waals surface area contributed by atoms with Gasteiger partial charge in [0.2, 0.25) is 5.89 Å². The van der Waals surface area contributed by atoms with Crippen LogP contribution in [0.5, 0.6) is 5.75 Å². The Hall–Kier alpha value is -2.61. The summed E-state index contributed by atoms with van der Waals surface area (Å²) in [5.74, 6) is 2.15. The minimum Gasteiger partial charge on any atom is -0.497 e. The first kappa shape index (κ1) is 14.3. The standard InChI is InChI=1S/C14H18N6O2/c1-20(2)8-13-18-19-14(22-13)15-7-12-16-10-5-4-9(21-3)6-11(10)17-12/h4-6H,7-8H2,1-3H3,(H,15,19)(H,16,17). The molecule has 0 bridgehead atoms. The number of rotatable bonds is 6. The summed E-state index contributed by atoms with van der Waals surface area (Å²) in [5, 5.41) is 11.0. The van der Waals surface area contributed by atoms with Crippen LogP contribution < -0.4 is 10.1 Å². The van der Waals surface area contributed by atoms with Crippen LogP contribution in [0.4, 0.5) is 6.01 Å². The van der Waals surface area contributed by atoms with Crippen molar-refractivity contribution in [2.45, 2.75) is 13.1 Å². The van der Waals surface area contributed by atoms with Crippen LogP contribution >= 0.6 is 0 Å². The number of fused-ring (bicyclic) bond motifs is 1. The molecule has 3 aromatic rings. The van der Waals surface area contributed by atoms with Crippen LogP contribution in [0.25, 0.3) is 11.0 Å². The van der Waals surface area contributed by atoms with Gasteiger partial charge in [0.15, 0.2) is 0 Å². The predicted molar refractivity (Wildman–Crippen MR) is 81.7 cm³/mol. The van der Waals surface area contributed by atoms with Gasteiger partial charge in [-0.05, 0) is 26.2 Å². The average molecular weight is 302 g/mol. The lowest BCUT2D eigenvalue weighted by molar-refractivity contribution is 0.344. The minimum atomic E-state index is 0.384. The number of methoxy groups -OCH3 is 1. The number of hydrogen-bond acceptors (Lipinski definition) is 7. The Balaban J connectivity index is 1.67. The molecule has 0 aliphatic rings. The molecular formula is C14H18N6O2. The van der Waals surface area contributed by atoms with E-state index in [1.54, 1.807) is 7.11 Å². The molecule has 0 fully saturated rings. The summed E-state index contributed by atoms with van der Waals surface area (Å²) in [4.78, 5) is 9.68. The number of benzene rings is 1. The lowest BCUT2D eigenvalue weighted by Crippen LogP contribution is -2.10. The Bertz CT molecular complexity index is 764. The van der Waals surface area contributed by atoms with E-state index in [4.69, 9.17) is 9.15 Å². The lowest BCUT2D eigenvalue weighted by Gasteiger charge is -2.03. The molecule has 8 nitrogen and oxygen atoms in total. The van der Waals surface area contributed by atoms with Crippen molar-refractivity contribution in [1.29, 1.82) is 0 Å². The highest BCUT2D eigenvalue weighted by Gasteiger charge is 2.08. The van der Waals surface area contributed by atoms with E-state index in [2.05, 4.69) is 25.5 Å². The van der Waals surface area contributed by atoms with Crippen molar-refractivity contribution in [2.24, 2.45) is 0 Å². The van der Waals surface area contributed by atoms with Gasteiger partial charge in [0.05, 0.1) is 31.2 Å². The molecule has 0 radical (unpaired) electrons. The normalized spacial score (nSPS) is 11.3. The first-order valence-electron chi connectivity index (χ1n) is 6.87. The van der Waals surface area contributed by atoms with E-state index in [0.29, 0.717) is 25.0 Å². The van der Waals surface area contributed by atoms with Crippen molar-refractivity contribution in [3.63, 3.8) is 0 Å². The summed E-state index contributed by atoms with van der Waals surface area (Å²) in [5.41, 5.74) is 1.81. The Labute approximate surface area is 127 Å². The molecule has 0 saturated heterocycles. The van der Waals surface area contributed by atoms with Crippen LogP contribution in [-0.4, -0.2) is 46.3 Å². The van der Waals surface area contributed by atoms with Crippen LogP contribution in [0.3, 0.4) is 0 Å². The van der Waals surface area contributed by atoms with E-state index in [9.17, 15) is 0 Å². The Morgan fingerprint density at radius 2 is 2.18 bits per heavy atom.